The highest BCUT2D eigenvalue weighted by atomic mass is 32.1. The largest absolute Gasteiger partial charge is 0.329 e. The average molecular weight is 347 g/mol. The quantitative estimate of drug-likeness (QED) is 0.746. The third-order valence-corrected chi connectivity index (χ3v) is 5.32. The van der Waals surface area contributed by atoms with Crippen LogP contribution in [-0.2, 0) is 0 Å². The Bertz CT molecular complexity index is 822. The number of benzene rings is 1. The molecule has 2 aromatic heterocycles. The molecule has 0 spiro atoms. The van der Waals surface area contributed by atoms with Gasteiger partial charge in [-0.25, -0.2) is 9.78 Å². The minimum atomic E-state index is -0.261. The molecule has 0 bridgehead atoms. The van der Waals surface area contributed by atoms with Crippen LogP contribution >= 0.6 is 23.1 Å². The predicted octanol–water partition coefficient (Wildman–Crippen LogP) is 4.04. The van der Waals surface area contributed by atoms with Gasteiger partial charge in [0.05, 0.1) is 29.2 Å². The Hall–Kier alpha value is -2.06. The predicted molar refractivity (Wildman–Crippen MR) is 94.2 cm³/mol. The van der Waals surface area contributed by atoms with Gasteiger partial charge in [0.25, 0.3) is 0 Å². The molecule has 8 heteroatoms. The molecule has 0 fully saturated rings. The second-order valence-corrected chi connectivity index (χ2v) is 6.95. The van der Waals surface area contributed by atoms with Crippen molar-refractivity contribution in [3.05, 3.63) is 33.8 Å². The number of carbonyl (C=O) groups excluding carboxylic acids is 1. The third-order valence-electron chi connectivity index (χ3n) is 3.59. The zero-order chi connectivity index (χ0) is 16.4. The number of hydrogen-bond acceptors (Lipinski definition) is 6. The van der Waals surface area contributed by atoms with Crippen LogP contribution in [0.3, 0.4) is 0 Å². The summed E-state index contributed by atoms with van der Waals surface area (Å²) in [6.45, 7) is 6.05. The van der Waals surface area contributed by atoms with Gasteiger partial charge in [0.15, 0.2) is 0 Å². The number of nitrogens with one attached hydrogen (secondary N) is 2. The molecular weight excluding hydrogens is 330 g/mol. The van der Waals surface area contributed by atoms with Crippen LogP contribution in [0.1, 0.15) is 35.0 Å². The molecule has 0 aliphatic carbocycles. The first-order valence-electron chi connectivity index (χ1n) is 7.31. The molecule has 120 valence electrons. The van der Waals surface area contributed by atoms with E-state index in [9.17, 15) is 4.79 Å². The number of fused-ring (bicyclic) bond motifs is 1. The Labute approximate surface area is 142 Å². The van der Waals surface area contributed by atoms with Gasteiger partial charge in [-0.15, -0.1) is 11.3 Å². The Morgan fingerprint density at radius 1 is 1.30 bits per heavy atom. The van der Waals surface area contributed by atoms with E-state index in [1.54, 1.807) is 11.3 Å². The van der Waals surface area contributed by atoms with Crippen LogP contribution in [0.25, 0.3) is 11.0 Å². The number of amides is 2. The van der Waals surface area contributed by atoms with Gasteiger partial charge in [0, 0.05) is 4.88 Å². The minimum Gasteiger partial charge on any atom is -0.329 e. The van der Waals surface area contributed by atoms with E-state index >= 15 is 0 Å². The Morgan fingerprint density at radius 3 is 2.83 bits per heavy atom. The van der Waals surface area contributed by atoms with Crippen molar-refractivity contribution in [1.29, 1.82) is 0 Å². The average Bonchev–Trinajstić information content (AvgIpc) is 3.13. The first-order chi connectivity index (χ1) is 11.1. The van der Waals surface area contributed by atoms with E-state index in [1.165, 1.54) is 4.88 Å². The highest BCUT2D eigenvalue weighted by molar-refractivity contribution is 7.11. The van der Waals surface area contributed by atoms with Crippen molar-refractivity contribution in [3.63, 3.8) is 0 Å². The van der Waals surface area contributed by atoms with Crippen LogP contribution < -0.4 is 10.6 Å². The van der Waals surface area contributed by atoms with E-state index in [2.05, 4.69) is 24.4 Å². The topological polar surface area (TPSA) is 79.8 Å². The highest BCUT2D eigenvalue weighted by Gasteiger charge is 2.18. The molecule has 0 saturated carbocycles. The second kappa shape index (κ2) is 6.59. The monoisotopic (exact) mass is 347 g/mol. The van der Waals surface area contributed by atoms with Gasteiger partial charge >= 0.3 is 6.03 Å². The van der Waals surface area contributed by atoms with E-state index in [-0.39, 0.29) is 12.1 Å². The van der Waals surface area contributed by atoms with Gasteiger partial charge in [-0.3, -0.25) is 0 Å². The first-order valence-corrected chi connectivity index (χ1v) is 8.86. The molecular formula is C15H17N5OS2. The fourth-order valence-electron chi connectivity index (χ4n) is 2.21. The number of nitrogens with zero attached hydrogens (tertiary/aromatic N) is 3. The summed E-state index contributed by atoms with van der Waals surface area (Å²) in [6, 6.07) is 5.19. The Kier molecular flexibility index (Phi) is 4.53. The molecule has 3 aromatic rings. The summed E-state index contributed by atoms with van der Waals surface area (Å²) in [5.74, 6) is 0. The summed E-state index contributed by atoms with van der Waals surface area (Å²) in [4.78, 5) is 18.0. The summed E-state index contributed by atoms with van der Waals surface area (Å²) >= 11 is 2.76. The molecule has 0 aliphatic rings. The summed E-state index contributed by atoms with van der Waals surface area (Å²) in [6.07, 6.45) is 0.780. The van der Waals surface area contributed by atoms with Crippen molar-refractivity contribution < 1.29 is 4.79 Å². The lowest BCUT2D eigenvalue weighted by atomic mass is 10.2. The zero-order valence-electron chi connectivity index (χ0n) is 13.1. The number of urea groups is 1. The maximum Gasteiger partial charge on any atom is 0.319 e. The normalized spacial score (nSPS) is 12.3. The van der Waals surface area contributed by atoms with Crippen molar-refractivity contribution in [2.45, 2.75) is 33.2 Å². The lowest BCUT2D eigenvalue weighted by Crippen LogP contribution is -2.32. The molecule has 0 unspecified atom stereocenters. The summed E-state index contributed by atoms with van der Waals surface area (Å²) in [5.41, 5.74) is 3.17. The van der Waals surface area contributed by atoms with Crippen molar-refractivity contribution in [2.24, 2.45) is 0 Å². The molecule has 0 aliphatic heterocycles. The molecule has 0 saturated heterocycles. The van der Waals surface area contributed by atoms with E-state index < -0.39 is 0 Å². The molecule has 6 nitrogen and oxygen atoms in total. The molecule has 0 radical (unpaired) electrons. The second-order valence-electron chi connectivity index (χ2n) is 5.19. The SMILES string of the molecule is CC[C@@H](NC(=O)Nc1cccc2nsnc12)c1nc(C)c(C)s1. The van der Waals surface area contributed by atoms with Gasteiger partial charge in [-0.2, -0.15) is 8.75 Å². The van der Waals surface area contributed by atoms with Crippen molar-refractivity contribution in [3.8, 4) is 0 Å². The van der Waals surface area contributed by atoms with Crippen LogP contribution in [-0.4, -0.2) is 19.8 Å². The number of rotatable bonds is 4. The van der Waals surface area contributed by atoms with Crippen LogP contribution in [0.2, 0.25) is 0 Å². The number of thiazole rings is 1. The van der Waals surface area contributed by atoms with Crippen molar-refractivity contribution in [1.82, 2.24) is 19.0 Å². The summed E-state index contributed by atoms with van der Waals surface area (Å²) in [7, 11) is 0. The van der Waals surface area contributed by atoms with Crippen LogP contribution in [0.4, 0.5) is 10.5 Å². The molecule has 23 heavy (non-hydrogen) atoms. The lowest BCUT2D eigenvalue weighted by Gasteiger charge is -2.15. The highest BCUT2D eigenvalue weighted by Crippen LogP contribution is 2.25. The van der Waals surface area contributed by atoms with E-state index in [4.69, 9.17) is 0 Å². The number of carbonyl (C=O) groups is 1. The Morgan fingerprint density at radius 2 is 2.13 bits per heavy atom. The summed E-state index contributed by atoms with van der Waals surface area (Å²) in [5, 5.41) is 6.78. The molecule has 3 rings (SSSR count). The Balaban J connectivity index is 1.74. The number of anilines is 1. The molecule has 1 atom stereocenters. The first kappa shape index (κ1) is 15.8. The minimum absolute atomic E-state index is 0.0971. The molecule has 2 heterocycles. The van der Waals surface area contributed by atoms with Gasteiger partial charge in [0.2, 0.25) is 0 Å². The molecule has 2 amide bonds. The fourth-order valence-corrected chi connectivity index (χ4v) is 3.82. The fraction of sp³-hybridized carbons (Fsp3) is 0.333. The van der Waals surface area contributed by atoms with Crippen molar-refractivity contribution >= 4 is 45.8 Å². The number of aryl methyl sites for hydroxylation is 2. The standard InChI is InChI=1S/C15H17N5OS2/c1-4-10(14-16-8(2)9(3)22-14)17-15(21)18-11-6-5-7-12-13(11)20-23-19-12/h5-7,10H,4H2,1-3H3,(H2,17,18,21)/t10-/m1/s1. The van der Waals surface area contributed by atoms with Gasteiger partial charge in [-0.05, 0) is 32.4 Å². The number of aromatic nitrogens is 3. The lowest BCUT2D eigenvalue weighted by molar-refractivity contribution is 0.248. The summed E-state index contributed by atoms with van der Waals surface area (Å²) < 4.78 is 8.40. The third kappa shape index (κ3) is 3.32. The van der Waals surface area contributed by atoms with E-state index in [0.29, 0.717) is 11.2 Å². The number of hydrogen-bond donors (Lipinski definition) is 2. The smallest absolute Gasteiger partial charge is 0.319 e. The van der Waals surface area contributed by atoms with Gasteiger partial charge in [-0.1, -0.05) is 13.0 Å². The maximum atomic E-state index is 12.3. The van der Waals surface area contributed by atoms with Gasteiger partial charge < -0.3 is 10.6 Å². The van der Waals surface area contributed by atoms with Crippen LogP contribution in [0.5, 0.6) is 0 Å². The van der Waals surface area contributed by atoms with Crippen LogP contribution in [0, 0.1) is 13.8 Å². The molecule has 2 N–H and O–H groups in total. The van der Waals surface area contributed by atoms with Gasteiger partial charge in [0.1, 0.15) is 16.0 Å². The molecule has 1 aromatic carbocycles. The van der Waals surface area contributed by atoms with Crippen LogP contribution in [0.15, 0.2) is 18.2 Å². The zero-order valence-corrected chi connectivity index (χ0v) is 14.7. The van der Waals surface area contributed by atoms with Crippen molar-refractivity contribution in [2.75, 3.05) is 5.32 Å². The van der Waals surface area contributed by atoms with E-state index in [0.717, 1.165) is 34.4 Å². The van der Waals surface area contributed by atoms with E-state index in [1.807, 2.05) is 39.0 Å². The maximum absolute atomic E-state index is 12.3.